The van der Waals surface area contributed by atoms with E-state index >= 15 is 0 Å². The fourth-order valence-electron chi connectivity index (χ4n) is 5.27. The normalized spacial score (nSPS) is 19.0. The van der Waals surface area contributed by atoms with Crippen molar-refractivity contribution in [2.45, 2.75) is 63.6 Å². The molecule has 2 atom stereocenters. The van der Waals surface area contributed by atoms with Gasteiger partial charge in [0.2, 0.25) is 0 Å². The van der Waals surface area contributed by atoms with Crippen molar-refractivity contribution in [2.24, 2.45) is 5.92 Å². The zero-order valence-corrected chi connectivity index (χ0v) is 22.1. The lowest BCUT2D eigenvalue weighted by atomic mass is 9.82. The molecule has 1 saturated carbocycles. The second-order valence-electron chi connectivity index (χ2n) is 10.5. The Morgan fingerprint density at radius 2 is 1.23 bits per heavy atom. The molecule has 210 valence electrons. The molecule has 8 N–H and O–H groups in total. The molecule has 0 bridgehead atoms. The highest BCUT2D eigenvalue weighted by molar-refractivity contribution is 5.45. The van der Waals surface area contributed by atoms with Gasteiger partial charge in [-0.25, -0.2) is 0 Å². The van der Waals surface area contributed by atoms with Gasteiger partial charge in [-0.3, -0.25) is 0 Å². The summed E-state index contributed by atoms with van der Waals surface area (Å²) < 4.78 is 0. The van der Waals surface area contributed by atoms with Crippen LogP contribution < -0.4 is 10.6 Å². The Labute approximate surface area is 229 Å². The van der Waals surface area contributed by atoms with Gasteiger partial charge in [0.15, 0.2) is 0 Å². The molecule has 0 aliphatic heterocycles. The van der Waals surface area contributed by atoms with Gasteiger partial charge < -0.3 is 41.3 Å². The van der Waals surface area contributed by atoms with Crippen molar-refractivity contribution in [3.05, 3.63) is 88.5 Å². The van der Waals surface area contributed by atoms with Gasteiger partial charge in [-0.05, 0) is 91.1 Å². The summed E-state index contributed by atoms with van der Waals surface area (Å²) in [6, 6.07) is 18.2. The van der Waals surface area contributed by atoms with Crippen molar-refractivity contribution < 1.29 is 30.6 Å². The first kappa shape index (κ1) is 28.9. The number of rotatable bonds is 12. The first-order valence-electron chi connectivity index (χ1n) is 13.6. The largest absolute Gasteiger partial charge is 0.508 e. The predicted molar refractivity (Wildman–Crippen MR) is 150 cm³/mol. The van der Waals surface area contributed by atoms with Crippen LogP contribution >= 0.6 is 0 Å². The number of anilines is 1. The molecule has 0 radical (unpaired) electrons. The van der Waals surface area contributed by atoms with Crippen molar-refractivity contribution in [3.8, 4) is 11.5 Å². The summed E-state index contributed by atoms with van der Waals surface area (Å²) in [5.74, 6) is 0.671. The lowest BCUT2D eigenvalue weighted by molar-refractivity contribution is 0.162. The van der Waals surface area contributed by atoms with E-state index in [-0.39, 0.29) is 24.7 Å². The number of aliphatic hydroxyl groups is 4. The summed E-state index contributed by atoms with van der Waals surface area (Å²) in [6.07, 6.45) is 3.92. The van der Waals surface area contributed by atoms with Crippen LogP contribution in [0.15, 0.2) is 60.7 Å². The molecule has 0 heterocycles. The van der Waals surface area contributed by atoms with Crippen molar-refractivity contribution in [2.75, 3.05) is 18.4 Å². The topological polar surface area (TPSA) is 145 Å². The zero-order valence-electron chi connectivity index (χ0n) is 22.1. The van der Waals surface area contributed by atoms with Crippen LogP contribution in [0.5, 0.6) is 11.5 Å². The second kappa shape index (κ2) is 13.8. The molecule has 1 fully saturated rings. The minimum absolute atomic E-state index is 0.0177. The van der Waals surface area contributed by atoms with Crippen molar-refractivity contribution in [1.82, 2.24) is 5.32 Å². The number of phenols is 2. The van der Waals surface area contributed by atoms with Crippen LogP contribution in [-0.4, -0.2) is 49.8 Å². The Morgan fingerprint density at radius 1 is 0.692 bits per heavy atom. The maximum atomic E-state index is 10.5. The zero-order chi connectivity index (χ0) is 27.8. The van der Waals surface area contributed by atoms with Gasteiger partial charge in [-0.1, -0.05) is 24.3 Å². The number of benzene rings is 3. The lowest BCUT2D eigenvalue weighted by Gasteiger charge is -2.30. The van der Waals surface area contributed by atoms with Crippen LogP contribution in [0.25, 0.3) is 0 Å². The number of hydrogen-bond donors (Lipinski definition) is 8. The van der Waals surface area contributed by atoms with Crippen LogP contribution in [0.3, 0.4) is 0 Å². The van der Waals surface area contributed by atoms with Crippen LogP contribution in [0.2, 0.25) is 0 Å². The van der Waals surface area contributed by atoms with E-state index in [1.807, 2.05) is 12.1 Å². The van der Waals surface area contributed by atoms with Crippen LogP contribution in [0.1, 0.15) is 65.7 Å². The molecular weight excluding hydrogens is 496 g/mol. The third-order valence-electron chi connectivity index (χ3n) is 7.74. The van der Waals surface area contributed by atoms with E-state index < -0.39 is 12.2 Å². The van der Waals surface area contributed by atoms with Crippen molar-refractivity contribution in [3.63, 3.8) is 0 Å². The third kappa shape index (κ3) is 7.94. The molecular formula is C31H40N2O6. The molecule has 0 saturated heterocycles. The Kier molecular flexibility index (Phi) is 10.2. The third-order valence-corrected chi connectivity index (χ3v) is 7.74. The molecule has 3 aromatic carbocycles. The fourth-order valence-corrected chi connectivity index (χ4v) is 5.27. The Balaban J connectivity index is 1.18. The average molecular weight is 537 g/mol. The monoisotopic (exact) mass is 536 g/mol. The lowest BCUT2D eigenvalue weighted by Crippen LogP contribution is -2.36. The molecule has 8 nitrogen and oxygen atoms in total. The quantitative estimate of drug-likeness (QED) is 0.175. The maximum absolute atomic E-state index is 10.5. The smallest absolute Gasteiger partial charge is 0.121 e. The van der Waals surface area contributed by atoms with Crippen LogP contribution in [0, 0.1) is 5.92 Å². The number of aromatic hydroxyl groups is 2. The van der Waals surface area contributed by atoms with E-state index in [9.17, 15) is 30.6 Å². The van der Waals surface area contributed by atoms with Gasteiger partial charge in [-0.15, -0.1) is 0 Å². The Hall–Kier alpha value is -3.14. The first-order valence-corrected chi connectivity index (χ1v) is 13.6. The summed E-state index contributed by atoms with van der Waals surface area (Å²) in [4.78, 5) is 0. The Morgan fingerprint density at radius 3 is 1.77 bits per heavy atom. The molecule has 39 heavy (non-hydrogen) atoms. The maximum Gasteiger partial charge on any atom is 0.121 e. The molecule has 1 aliphatic rings. The van der Waals surface area contributed by atoms with Crippen LogP contribution in [-0.2, 0) is 19.6 Å². The second-order valence-corrected chi connectivity index (χ2v) is 10.5. The van der Waals surface area contributed by atoms with E-state index in [1.165, 1.54) is 17.7 Å². The summed E-state index contributed by atoms with van der Waals surface area (Å²) in [7, 11) is 0. The number of aliphatic hydroxyl groups excluding tert-OH is 4. The van der Waals surface area contributed by atoms with Gasteiger partial charge in [0.1, 0.15) is 11.5 Å². The van der Waals surface area contributed by atoms with E-state index in [0.717, 1.165) is 37.8 Å². The predicted octanol–water partition coefficient (Wildman–Crippen LogP) is 3.65. The highest BCUT2D eigenvalue weighted by Crippen LogP contribution is 2.29. The Bertz CT molecular complexity index is 1190. The van der Waals surface area contributed by atoms with Gasteiger partial charge in [0, 0.05) is 35.9 Å². The molecule has 3 aromatic rings. The van der Waals surface area contributed by atoms with E-state index in [0.29, 0.717) is 47.3 Å². The van der Waals surface area contributed by atoms with E-state index in [4.69, 9.17) is 0 Å². The standard InChI is InChI=1S/C31H40N2O6/c34-18-24-14-22(5-11-28(24)36)30(38)16-32-26-7-1-20(2-8-26)13-21-3-9-27(10-4-21)33-17-31(39)23-6-12-29(37)25(15-23)19-35/h1-2,5-8,11-12,14-15,21,27,30-39H,3-4,9-10,13,16-19H2. The highest BCUT2D eigenvalue weighted by atomic mass is 16.3. The van der Waals surface area contributed by atoms with E-state index in [2.05, 4.69) is 22.8 Å². The molecule has 0 spiro atoms. The van der Waals surface area contributed by atoms with Gasteiger partial charge in [0.05, 0.1) is 25.4 Å². The van der Waals surface area contributed by atoms with Crippen molar-refractivity contribution >= 4 is 5.69 Å². The van der Waals surface area contributed by atoms with Crippen LogP contribution in [0.4, 0.5) is 5.69 Å². The summed E-state index contributed by atoms with van der Waals surface area (Å²) in [5.41, 5.74) is 4.33. The number of hydrogen-bond acceptors (Lipinski definition) is 8. The fraction of sp³-hybridized carbons (Fsp3) is 0.419. The van der Waals surface area contributed by atoms with Crippen molar-refractivity contribution in [1.29, 1.82) is 0 Å². The van der Waals surface area contributed by atoms with Gasteiger partial charge >= 0.3 is 0 Å². The average Bonchev–Trinajstić information content (AvgIpc) is 2.96. The molecule has 0 aromatic heterocycles. The SMILES string of the molecule is OCc1cc(C(O)CNc2ccc(CC3CCC(NCC(O)c4ccc(O)c(CO)c4)CC3)cc2)ccc1O. The summed E-state index contributed by atoms with van der Waals surface area (Å²) in [6.45, 7) is 0.204. The summed E-state index contributed by atoms with van der Waals surface area (Å²) >= 11 is 0. The molecule has 1 aliphatic carbocycles. The van der Waals surface area contributed by atoms with E-state index in [1.54, 1.807) is 24.3 Å². The molecule has 2 unspecified atom stereocenters. The number of nitrogens with one attached hydrogen (secondary N) is 2. The molecule has 4 rings (SSSR count). The highest BCUT2D eigenvalue weighted by Gasteiger charge is 2.22. The van der Waals surface area contributed by atoms with Gasteiger partial charge in [0.25, 0.3) is 0 Å². The van der Waals surface area contributed by atoms with Gasteiger partial charge in [-0.2, -0.15) is 0 Å². The minimum Gasteiger partial charge on any atom is -0.508 e. The molecule has 8 heteroatoms. The first-order chi connectivity index (χ1) is 18.9. The summed E-state index contributed by atoms with van der Waals surface area (Å²) in [5, 5.41) is 65.8. The molecule has 0 amide bonds. The minimum atomic E-state index is -0.764.